The standard InChI is InChI=1S/C16H18FNO3/c1-20-15-5-3-4-13(16(15)21-2)14(10-19)18-12-8-6-11(17)7-9-12/h3-9,14,18-19H,10H2,1-2H3. The third-order valence-electron chi connectivity index (χ3n) is 3.18. The molecular weight excluding hydrogens is 273 g/mol. The molecule has 0 spiro atoms. The Morgan fingerprint density at radius 3 is 2.38 bits per heavy atom. The van der Waals surface area contributed by atoms with Crippen molar-refractivity contribution in [3.63, 3.8) is 0 Å². The molecule has 2 rings (SSSR count). The summed E-state index contributed by atoms with van der Waals surface area (Å²) in [5, 5.41) is 12.8. The van der Waals surface area contributed by atoms with Gasteiger partial charge < -0.3 is 19.9 Å². The fourth-order valence-electron chi connectivity index (χ4n) is 2.16. The van der Waals surface area contributed by atoms with Crippen molar-refractivity contribution < 1.29 is 19.0 Å². The molecule has 2 aromatic rings. The largest absolute Gasteiger partial charge is 0.493 e. The Balaban J connectivity index is 2.31. The number of aliphatic hydroxyl groups excluding tert-OH is 1. The number of hydrogen-bond donors (Lipinski definition) is 2. The third kappa shape index (κ3) is 3.44. The third-order valence-corrected chi connectivity index (χ3v) is 3.18. The molecule has 2 N–H and O–H groups in total. The maximum atomic E-state index is 12.9. The van der Waals surface area contributed by atoms with Gasteiger partial charge in [-0.05, 0) is 30.3 Å². The molecule has 0 aliphatic carbocycles. The molecule has 0 heterocycles. The molecular formula is C16H18FNO3. The summed E-state index contributed by atoms with van der Waals surface area (Å²) >= 11 is 0. The Labute approximate surface area is 123 Å². The fraction of sp³-hybridized carbons (Fsp3) is 0.250. The van der Waals surface area contributed by atoms with Gasteiger partial charge >= 0.3 is 0 Å². The van der Waals surface area contributed by atoms with E-state index in [0.29, 0.717) is 17.2 Å². The van der Waals surface area contributed by atoms with Crippen LogP contribution in [0.4, 0.5) is 10.1 Å². The number of halogens is 1. The van der Waals surface area contributed by atoms with E-state index < -0.39 is 0 Å². The van der Waals surface area contributed by atoms with E-state index in [1.54, 1.807) is 32.4 Å². The van der Waals surface area contributed by atoms with Crippen molar-refractivity contribution in [1.29, 1.82) is 0 Å². The highest BCUT2D eigenvalue weighted by atomic mass is 19.1. The minimum absolute atomic E-state index is 0.138. The van der Waals surface area contributed by atoms with Crippen LogP contribution in [0.3, 0.4) is 0 Å². The topological polar surface area (TPSA) is 50.7 Å². The number of nitrogens with one attached hydrogen (secondary N) is 1. The molecule has 0 amide bonds. The summed E-state index contributed by atoms with van der Waals surface area (Å²) < 4.78 is 23.6. The number of rotatable bonds is 6. The number of ether oxygens (including phenoxy) is 2. The van der Waals surface area contributed by atoms with Crippen LogP contribution < -0.4 is 14.8 Å². The predicted molar refractivity (Wildman–Crippen MR) is 79.4 cm³/mol. The molecule has 2 aromatic carbocycles. The van der Waals surface area contributed by atoms with Gasteiger partial charge in [0, 0.05) is 11.3 Å². The van der Waals surface area contributed by atoms with Gasteiger partial charge in [-0.3, -0.25) is 0 Å². The van der Waals surface area contributed by atoms with Crippen molar-refractivity contribution in [3.8, 4) is 11.5 Å². The van der Waals surface area contributed by atoms with Crippen molar-refractivity contribution >= 4 is 5.69 Å². The van der Waals surface area contributed by atoms with Gasteiger partial charge in [-0.25, -0.2) is 4.39 Å². The van der Waals surface area contributed by atoms with Crippen LogP contribution >= 0.6 is 0 Å². The minimum Gasteiger partial charge on any atom is -0.493 e. The minimum atomic E-state index is -0.388. The molecule has 0 saturated carbocycles. The Morgan fingerprint density at radius 1 is 1.10 bits per heavy atom. The van der Waals surface area contributed by atoms with E-state index in [-0.39, 0.29) is 18.5 Å². The van der Waals surface area contributed by atoms with E-state index in [1.165, 1.54) is 12.1 Å². The van der Waals surface area contributed by atoms with Gasteiger partial charge in [0.25, 0.3) is 0 Å². The van der Waals surface area contributed by atoms with E-state index in [1.807, 2.05) is 12.1 Å². The van der Waals surface area contributed by atoms with Crippen molar-refractivity contribution in [3.05, 3.63) is 53.8 Å². The fourth-order valence-corrected chi connectivity index (χ4v) is 2.16. The van der Waals surface area contributed by atoms with E-state index in [4.69, 9.17) is 9.47 Å². The molecule has 112 valence electrons. The first-order valence-corrected chi connectivity index (χ1v) is 6.53. The van der Waals surface area contributed by atoms with Gasteiger partial charge in [0.05, 0.1) is 26.9 Å². The van der Waals surface area contributed by atoms with E-state index in [0.717, 1.165) is 5.56 Å². The summed E-state index contributed by atoms with van der Waals surface area (Å²) in [6, 6.07) is 11.0. The molecule has 1 unspecified atom stereocenters. The highest BCUT2D eigenvalue weighted by Crippen LogP contribution is 2.35. The Bertz CT molecular complexity index is 587. The maximum Gasteiger partial charge on any atom is 0.166 e. The van der Waals surface area contributed by atoms with Crippen LogP contribution in [0, 0.1) is 5.82 Å². The lowest BCUT2D eigenvalue weighted by Gasteiger charge is -2.21. The molecule has 5 heteroatoms. The quantitative estimate of drug-likeness (QED) is 0.859. The van der Waals surface area contributed by atoms with E-state index >= 15 is 0 Å². The number of para-hydroxylation sites is 1. The molecule has 0 radical (unpaired) electrons. The lowest BCUT2D eigenvalue weighted by molar-refractivity contribution is 0.271. The second kappa shape index (κ2) is 6.95. The zero-order valence-electron chi connectivity index (χ0n) is 12.0. The zero-order chi connectivity index (χ0) is 15.2. The average molecular weight is 291 g/mol. The molecule has 4 nitrogen and oxygen atoms in total. The first-order valence-electron chi connectivity index (χ1n) is 6.53. The number of aliphatic hydroxyl groups is 1. The van der Waals surface area contributed by atoms with Crippen LogP contribution in [0.2, 0.25) is 0 Å². The summed E-state index contributed by atoms with van der Waals surface area (Å²) in [6.45, 7) is -0.138. The average Bonchev–Trinajstić information content (AvgIpc) is 2.53. The van der Waals surface area contributed by atoms with Crippen LogP contribution in [-0.4, -0.2) is 25.9 Å². The summed E-state index contributed by atoms with van der Waals surface area (Å²) in [5.41, 5.74) is 1.48. The number of methoxy groups -OCH3 is 2. The van der Waals surface area contributed by atoms with Gasteiger partial charge in [0.2, 0.25) is 0 Å². The smallest absolute Gasteiger partial charge is 0.166 e. The number of hydrogen-bond acceptors (Lipinski definition) is 4. The first-order chi connectivity index (χ1) is 10.2. The predicted octanol–water partition coefficient (Wildman–Crippen LogP) is 2.99. The lowest BCUT2D eigenvalue weighted by atomic mass is 10.1. The van der Waals surface area contributed by atoms with Crippen molar-refractivity contribution in [2.45, 2.75) is 6.04 Å². The highest BCUT2D eigenvalue weighted by molar-refractivity contribution is 5.52. The molecule has 1 atom stereocenters. The summed E-state index contributed by atoms with van der Waals surface area (Å²) in [4.78, 5) is 0. The first kappa shape index (κ1) is 15.1. The Kier molecular flexibility index (Phi) is 5.00. The van der Waals surface area contributed by atoms with Crippen LogP contribution in [0.15, 0.2) is 42.5 Å². The molecule has 0 saturated heterocycles. The maximum absolute atomic E-state index is 12.9. The van der Waals surface area contributed by atoms with E-state index in [9.17, 15) is 9.50 Å². The lowest BCUT2D eigenvalue weighted by Crippen LogP contribution is -2.16. The zero-order valence-corrected chi connectivity index (χ0v) is 12.0. The normalized spacial score (nSPS) is 11.8. The number of anilines is 1. The Morgan fingerprint density at radius 2 is 1.81 bits per heavy atom. The van der Waals surface area contributed by atoms with Gasteiger partial charge in [-0.1, -0.05) is 12.1 Å². The van der Waals surface area contributed by atoms with Crippen molar-refractivity contribution in [1.82, 2.24) is 0 Å². The van der Waals surface area contributed by atoms with Crippen LogP contribution in [-0.2, 0) is 0 Å². The highest BCUT2D eigenvalue weighted by Gasteiger charge is 2.18. The van der Waals surface area contributed by atoms with Crippen molar-refractivity contribution in [2.24, 2.45) is 0 Å². The van der Waals surface area contributed by atoms with Crippen LogP contribution in [0.5, 0.6) is 11.5 Å². The molecule has 21 heavy (non-hydrogen) atoms. The summed E-state index contributed by atoms with van der Waals surface area (Å²) in [5.74, 6) is 0.850. The second-order valence-electron chi connectivity index (χ2n) is 4.47. The number of benzene rings is 2. The van der Waals surface area contributed by atoms with E-state index in [2.05, 4.69) is 5.32 Å². The van der Waals surface area contributed by atoms with Gasteiger partial charge in [0.1, 0.15) is 5.82 Å². The second-order valence-corrected chi connectivity index (χ2v) is 4.47. The molecule has 0 aliphatic heterocycles. The van der Waals surface area contributed by atoms with Gasteiger partial charge in [0.15, 0.2) is 11.5 Å². The van der Waals surface area contributed by atoms with Crippen LogP contribution in [0.25, 0.3) is 0 Å². The van der Waals surface area contributed by atoms with Gasteiger partial charge in [-0.2, -0.15) is 0 Å². The molecule has 0 fully saturated rings. The molecule has 0 aliphatic rings. The van der Waals surface area contributed by atoms with Crippen LogP contribution in [0.1, 0.15) is 11.6 Å². The molecule has 0 bridgehead atoms. The molecule has 0 aromatic heterocycles. The monoisotopic (exact) mass is 291 g/mol. The summed E-state index contributed by atoms with van der Waals surface area (Å²) in [7, 11) is 3.11. The summed E-state index contributed by atoms with van der Waals surface area (Å²) in [6.07, 6.45) is 0. The van der Waals surface area contributed by atoms with Crippen molar-refractivity contribution in [2.75, 3.05) is 26.1 Å². The Hall–Kier alpha value is -2.27. The SMILES string of the molecule is COc1cccc(C(CO)Nc2ccc(F)cc2)c1OC. The van der Waals surface area contributed by atoms with Gasteiger partial charge in [-0.15, -0.1) is 0 Å².